The van der Waals surface area contributed by atoms with Crippen LogP contribution in [0.5, 0.6) is 0 Å². The molecule has 0 saturated carbocycles. The zero-order chi connectivity index (χ0) is 20.2. The van der Waals surface area contributed by atoms with Gasteiger partial charge < -0.3 is 10.1 Å². The lowest BCUT2D eigenvalue weighted by Crippen LogP contribution is -2.22. The van der Waals surface area contributed by atoms with E-state index in [0.717, 1.165) is 16.8 Å². The van der Waals surface area contributed by atoms with Crippen LogP contribution in [0.3, 0.4) is 0 Å². The van der Waals surface area contributed by atoms with Gasteiger partial charge in [-0.15, -0.1) is 0 Å². The zero-order valence-electron chi connectivity index (χ0n) is 15.7. The molecule has 0 aliphatic carbocycles. The molecule has 1 N–H and O–H groups in total. The van der Waals surface area contributed by atoms with Gasteiger partial charge in [-0.3, -0.25) is 4.79 Å². The van der Waals surface area contributed by atoms with E-state index in [1.54, 1.807) is 29.0 Å². The number of nitrogens with one attached hydrogen (secondary N) is 1. The molecule has 0 radical (unpaired) electrons. The summed E-state index contributed by atoms with van der Waals surface area (Å²) >= 11 is 0. The fraction of sp³-hybridized carbons (Fsp3) is 0.0909. The largest absolute Gasteiger partial charge is 0.453 e. The van der Waals surface area contributed by atoms with Crippen molar-refractivity contribution in [3.63, 3.8) is 0 Å². The van der Waals surface area contributed by atoms with E-state index in [0.29, 0.717) is 23.3 Å². The van der Waals surface area contributed by atoms with Gasteiger partial charge in [0.1, 0.15) is 0 Å². The highest BCUT2D eigenvalue weighted by molar-refractivity contribution is 6.12. The Morgan fingerprint density at radius 1 is 1.07 bits per heavy atom. The number of fused-ring (bicyclic) bond motifs is 1. The van der Waals surface area contributed by atoms with E-state index in [-0.39, 0.29) is 5.78 Å². The molecule has 0 spiro atoms. The molecule has 4 aromatic rings. The number of alkyl carbamates (subject to hydrolysis) is 1. The normalized spacial score (nSPS) is 10.7. The van der Waals surface area contributed by atoms with Gasteiger partial charge in [0.05, 0.1) is 24.6 Å². The van der Waals surface area contributed by atoms with Gasteiger partial charge in [0.15, 0.2) is 11.4 Å². The average molecular weight is 386 g/mol. The van der Waals surface area contributed by atoms with Crippen molar-refractivity contribution in [2.45, 2.75) is 6.54 Å². The third-order valence-corrected chi connectivity index (χ3v) is 4.53. The minimum Gasteiger partial charge on any atom is -0.453 e. The van der Waals surface area contributed by atoms with Crippen LogP contribution in [0.4, 0.5) is 4.79 Å². The highest BCUT2D eigenvalue weighted by Crippen LogP contribution is 2.23. The number of carbonyl (C=O) groups excluding carboxylic acids is 2. The first-order chi connectivity index (χ1) is 14.2. The van der Waals surface area contributed by atoms with Crippen molar-refractivity contribution in [2.24, 2.45) is 0 Å². The number of hydrogen-bond donors (Lipinski definition) is 1. The van der Waals surface area contributed by atoms with E-state index in [9.17, 15) is 9.59 Å². The lowest BCUT2D eigenvalue weighted by molar-refractivity contribution is 0.104. The summed E-state index contributed by atoms with van der Waals surface area (Å²) in [5.41, 5.74) is 4.12. The quantitative estimate of drug-likeness (QED) is 0.531. The van der Waals surface area contributed by atoms with E-state index >= 15 is 0 Å². The Hall–Kier alpha value is -4.00. The van der Waals surface area contributed by atoms with Gasteiger partial charge in [-0.25, -0.2) is 14.3 Å². The van der Waals surface area contributed by atoms with Gasteiger partial charge in [0.25, 0.3) is 0 Å². The van der Waals surface area contributed by atoms with Gasteiger partial charge >= 0.3 is 6.09 Å². The van der Waals surface area contributed by atoms with Gasteiger partial charge in [0, 0.05) is 23.9 Å². The molecule has 0 aliphatic heterocycles. The first-order valence-electron chi connectivity index (χ1n) is 9.01. The second-order valence-corrected chi connectivity index (χ2v) is 6.36. The number of nitrogens with zero attached hydrogens (tertiary/aromatic N) is 3. The van der Waals surface area contributed by atoms with Crippen LogP contribution < -0.4 is 5.32 Å². The molecule has 7 heteroatoms. The molecule has 1 amide bonds. The average Bonchev–Trinajstić information content (AvgIpc) is 3.22. The number of hydrogen-bond acceptors (Lipinski definition) is 5. The Morgan fingerprint density at radius 2 is 1.90 bits per heavy atom. The van der Waals surface area contributed by atoms with Gasteiger partial charge in [-0.2, -0.15) is 5.10 Å². The minimum absolute atomic E-state index is 0.124. The van der Waals surface area contributed by atoms with Crippen molar-refractivity contribution >= 4 is 17.5 Å². The first kappa shape index (κ1) is 18.4. The lowest BCUT2D eigenvalue weighted by Gasteiger charge is -2.08. The van der Waals surface area contributed by atoms with Crippen LogP contribution in [0.1, 0.15) is 21.5 Å². The molecule has 144 valence electrons. The van der Waals surface area contributed by atoms with Crippen LogP contribution >= 0.6 is 0 Å². The number of aromatic nitrogens is 3. The second-order valence-electron chi connectivity index (χ2n) is 6.36. The molecule has 2 aromatic carbocycles. The molecule has 4 rings (SSSR count). The molecule has 29 heavy (non-hydrogen) atoms. The molecule has 0 bridgehead atoms. The van der Waals surface area contributed by atoms with Crippen LogP contribution in [-0.2, 0) is 11.3 Å². The maximum absolute atomic E-state index is 12.9. The molecular formula is C22H18N4O3. The predicted octanol–water partition coefficient (Wildman–Crippen LogP) is 3.48. The lowest BCUT2D eigenvalue weighted by atomic mass is 10.1. The van der Waals surface area contributed by atoms with Crippen molar-refractivity contribution in [1.29, 1.82) is 0 Å². The maximum Gasteiger partial charge on any atom is 0.407 e. The number of methoxy groups -OCH3 is 1. The summed E-state index contributed by atoms with van der Waals surface area (Å²) in [5, 5.41) is 7.06. The Bertz CT molecular complexity index is 1190. The number of ether oxygens (including phenoxy) is 1. The van der Waals surface area contributed by atoms with Crippen LogP contribution in [0, 0.1) is 0 Å². The van der Waals surface area contributed by atoms with E-state index in [1.807, 2.05) is 48.5 Å². The van der Waals surface area contributed by atoms with E-state index in [2.05, 4.69) is 20.1 Å². The molecule has 0 saturated heterocycles. The predicted molar refractivity (Wildman–Crippen MR) is 108 cm³/mol. The van der Waals surface area contributed by atoms with Crippen molar-refractivity contribution in [3.05, 3.63) is 89.7 Å². The summed E-state index contributed by atoms with van der Waals surface area (Å²) in [6.07, 6.45) is 2.72. The van der Waals surface area contributed by atoms with Crippen LogP contribution in [0.15, 0.2) is 73.1 Å². The first-order valence-corrected chi connectivity index (χ1v) is 9.01. The summed E-state index contributed by atoms with van der Waals surface area (Å²) in [5.74, 6) is -0.124. The smallest absolute Gasteiger partial charge is 0.407 e. The van der Waals surface area contributed by atoms with E-state index in [4.69, 9.17) is 0 Å². The molecule has 0 unspecified atom stereocenters. The van der Waals surface area contributed by atoms with Crippen LogP contribution in [0.25, 0.3) is 16.9 Å². The number of amides is 1. The minimum atomic E-state index is -0.488. The maximum atomic E-state index is 12.9. The third-order valence-electron chi connectivity index (χ3n) is 4.53. The molecule has 2 aromatic heterocycles. The third kappa shape index (κ3) is 3.70. The summed E-state index contributed by atoms with van der Waals surface area (Å²) < 4.78 is 6.26. The van der Waals surface area contributed by atoms with E-state index < -0.39 is 6.09 Å². The molecular weight excluding hydrogens is 368 g/mol. The topological polar surface area (TPSA) is 85.6 Å². The molecule has 0 aliphatic rings. The fourth-order valence-corrected chi connectivity index (χ4v) is 3.10. The van der Waals surface area contributed by atoms with Crippen molar-refractivity contribution < 1.29 is 14.3 Å². The Balaban J connectivity index is 1.70. The second kappa shape index (κ2) is 7.93. The highest BCUT2D eigenvalue weighted by Gasteiger charge is 2.17. The van der Waals surface area contributed by atoms with E-state index in [1.165, 1.54) is 7.11 Å². The van der Waals surface area contributed by atoms with Gasteiger partial charge in [-0.05, 0) is 17.7 Å². The van der Waals surface area contributed by atoms with Crippen molar-refractivity contribution in [3.8, 4) is 11.3 Å². The Labute approximate surface area is 167 Å². The summed E-state index contributed by atoms with van der Waals surface area (Å²) in [6, 6.07) is 18.6. The molecule has 0 atom stereocenters. The van der Waals surface area contributed by atoms with Crippen molar-refractivity contribution in [1.82, 2.24) is 19.9 Å². The zero-order valence-corrected chi connectivity index (χ0v) is 15.7. The number of ketones is 1. The standard InChI is InChI=1S/C22H18N4O3/c1-29-22(28)24-13-15-6-5-9-17(12-15)19-10-11-23-21-18(14-25-26(19)21)20(27)16-7-3-2-4-8-16/h2-12,14H,13H2,1H3,(H,24,28). The molecule has 7 nitrogen and oxygen atoms in total. The Kier molecular flexibility index (Phi) is 5.03. The van der Waals surface area contributed by atoms with Crippen molar-refractivity contribution in [2.75, 3.05) is 7.11 Å². The van der Waals surface area contributed by atoms with Crippen LogP contribution in [0.2, 0.25) is 0 Å². The number of benzene rings is 2. The van der Waals surface area contributed by atoms with Gasteiger partial charge in [0.2, 0.25) is 0 Å². The highest BCUT2D eigenvalue weighted by atomic mass is 16.5. The monoisotopic (exact) mass is 386 g/mol. The molecule has 2 heterocycles. The number of carbonyl (C=O) groups is 2. The fourth-order valence-electron chi connectivity index (χ4n) is 3.10. The van der Waals surface area contributed by atoms with Gasteiger partial charge in [-0.1, -0.05) is 48.5 Å². The summed E-state index contributed by atoms with van der Waals surface area (Å²) in [6.45, 7) is 0.339. The molecule has 0 fully saturated rings. The SMILES string of the molecule is COC(=O)NCc1cccc(-c2ccnc3c(C(=O)c4ccccc4)cnn23)c1. The Morgan fingerprint density at radius 3 is 2.69 bits per heavy atom. The van der Waals surface area contributed by atoms with Crippen LogP contribution in [-0.4, -0.2) is 33.6 Å². The number of rotatable bonds is 5. The summed E-state index contributed by atoms with van der Waals surface area (Å²) in [7, 11) is 1.32. The summed E-state index contributed by atoms with van der Waals surface area (Å²) in [4.78, 5) is 28.5.